The fraction of sp³-hybridized carbons (Fsp3) is 0.368. The van der Waals surface area contributed by atoms with Crippen molar-refractivity contribution in [2.24, 2.45) is 0 Å². The van der Waals surface area contributed by atoms with E-state index in [1.54, 1.807) is 0 Å². The second-order valence-electron chi connectivity index (χ2n) is 7.25. The Morgan fingerprint density at radius 2 is 1.57 bits per heavy atom. The molecule has 0 aromatic carbocycles. The van der Waals surface area contributed by atoms with Gasteiger partial charge in [-0.2, -0.15) is 0 Å². The van der Waals surface area contributed by atoms with Crippen molar-refractivity contribution in [1.29, 1.82) is 0 Å². The molecule has 0 spiro atoms. The van der Waals surface area contributed by atoms with Gasteiger partial charge in [-0.15, -0.1) is 0 Å². The van der Waals surface area contributed by atoms with E-state index in [-0.39, 0.29) is 5.54 Å². The van der Waals surface area contributed by atoms with Crippen LogP contribution in [0.25, 0.3) is 22.2 Å². The highest BCUT2D eigenvalue weighted by Crippen LogP contribution is 2.28. The number of hydrogen-bond donors (Lipinski definition) is 0. The first-order chi connectivity index (χ1) is 10.7. The molecule has 4 heteroatoms. The molecule has 0 saturated heterocycles. The molecule has 23 heavy (non-hydrogen) atoms. The summed E-state index contributed by atoms with van der Waals surface area (Å²) in [6.45, 7) is 12.6. The lowest BCUT2D eigenvalue weighted by molar-refractivity contribution is 0.419. The van der Waals surface area contributed by atoms with E-state index in [0.29, 0.717) is 0 Å². The summed E-state index contributed by atoms with van der Waals surface area (Å²) in [5.41, 5.74) is 8.06. The Morgan fingerprint density at radius 1 is 0.957 bits per heavy atom. The molecular formula is C19H22BN3. The molecule has 3 nitrogen and oxygen atoms in total. The normalized spacial score (nSPS) is 12.1. The Labute approximate surface area is 139 Å². The molecule has 0 amide bonds. The predicted octanol–water partition coefficient (Wildman–Crippen LogP) is 3.57. The lowest BCUT2D eigenvalue weighted by Gasteiger charge is -2.25. The molecule has 0 fully saturated rings. The van der Waals surface area contributed by atoms with Crippen molar-refractivity contribution in [1.82, 2.24) is 14.5 Å². The van der Waals surface area contributed by atoms with Gasteiger partial charge in [-0.25, -0.2) is 0 Å². The van der Waals surface area contributed by atoms with Gasteiger partial charge in [-0.1, -0.05) is 0 Å². The average molecular weight is 303 g/mol. The van der Waals surface area contributed by atoms with Crippen LogP contribution in [0.5, 0.6) is 0 Å². The third-order valence-corrected chi connectivity index (χ3v) is 4.17. The molecule has 0 unspecified atom stereocenters. The van der Waals surface area contributed by atoms with Crippen LogP contribution in [0.1, 0.15) is 37.7 Å². The molecule has 0 N–H and O–H groups in total. The SMILES string of the molecule is [B]c1c(C)c2ncc(-c3cc(C)nc(C)c3)cc2n1C(C)(C)C. The summed E-state index contributed by atoms with van der Waals surface area (Å²) in [5, 5.41) is 0. The zero-order chi connectivity index (χ0) is 16.9. The number of hydrogen-bond acceptors (Lipinski definition) is 2. The van der Waals surface area contributed by atoms with E-state index in [1.807, 2.05) is 27.0 Å². The van der Waals surface area contributed by atoms with E-state index >= 15 is 0 Å². The highest BCUT2D eigenvalue weighted by atomic mass is 15.1. The van der Waals surface area contributed by atoms with Crippen LogP contribution < -0.4 is 5.59 Å². The summed E-state index contributed by atoms with van der Waals surface area (Å²) in [4.78, 5) is 9.14. The molecule has 3 aromatic heterocycles. The van der Waals surface area contributed by atoms with Gasteiger partial charge < -0.3 is 4.57 Å². The number of pyridine rings is 2. The summed E-state index contributed by atoms with van der Waals surface area (Å²) < 4.78 is 2.18. The van der Waals surface area contributed by atoms with Gasteiger partial charge in [0.05, 0.1) is 11.0 Å². The van der Waals surface area contributed by atoms with Gasteiger partial charge >= 0.3 is 0 Å². The fourth-order valence-corrected chi connectivity index (χ4v) is 3.21. The Bertz CT molecular complexity index is 881. The number of rotatable bonds is 1. The Hall–Kier alpha value is -2.10. The Morgan fingerprint density at radius 3 is 2.13 bits per heavy atom. The first-order valence-corrected chi connectivity index (χ1v) is 7.91. The molecule has 3 aromatic rings. The molecule has 0 atom stereocenters. The lowest BCUT2D eigenvalue weighted by Crippen LogP contribution is -2.32. The molecule has 0 aliphatic heterocycles. The van der Waals surface area contributed by atoms with Crippen LogP contribution >= 0.6 is 0 Å². The summed E-state index contributed by atoms with van der Waals surface area (Å²) in [7, 11) is 6.35. The number of nitrogens with zero attached hydrogens (tertiary/aromatic N) is 3. The van der Waals surface area contributed by atoms with Crippen molar-refractivity contribution in [3.05, 3.63) is 41.3 Å². The zero-order valence-electron chi connectivity index (χ0n) is 14.7. The van der Waals surface area contributed by atoms with E-state index in [4.69, 9.17) is 12.8 Å². The largest absolute Gasteiger partial charge is 0.348 e. The summed E-state index contributed by atoms with van der Waals surface area (Å²) in [6.07, 6.45) is 1.93. The minimum Gasteiger partial charge on any atom is -0.348 e. The number of fused-ring (bicyclic) bond motifs is 1. The predicted molar refractivity (Wildman–Crippen MR) is 97.6 cm³/mol. The van der Waals surface area contributed by atoms with E-state index in [1.165, 1.54) is 0 Å². The van der Waals surface area contributed by atoms with E-state index in [9.17, 15) is 0 Å². The Kier molecular flexibility index (Phi) is 3.59. The van der Waals surface area contributed by atoms with Gasteiger partial charge in [-0.3, -0.25) is 9.97 Å². The van der Waals surface area contributed by atoms with Crippen molar-refractivity contribution in [3.63, 3.8) is 0 Å². The second-order valence-corrected chi connectivity index (χ2v) is 7.25. The fourth-order valence-electron chi connectivity index (χ4n) is 3.21. The van der Waals surface area contributed by atoms with Crippen LogP contribution in [0.15, 0.2) is 24.4 Å². The van der Waals surface area contributed by atoms with E-state index in [2.05, 4.69) is 48.5 Å². The smallest absolute Gasteiger partial charge is 0.139 e. The van der Waals surface area contributed by atoms with Crippen molar-refractivity contribution in [2.75, 3.05) is 0 Å². The van der Waals surface area contributed by atoms with Gasteiger partial charge in [-0.05, 0) is 76.5 Å². The molecule has 3 heterocycles. The van der Waals surface area contributed by atoms with Crippen LogP contribution in [-0.2, 0) is 5.54 Å². The standard InChI is InChI=1S/C19H22BN3/c1-11-7-14(8-12(2)22-11)15-9-16-17(21-10-15)13(3)18(20)23(16)19(4,5)6/h7-10H,1-6H3. The average Bonchev–Trinajstić information content (AvgIpc) is 2.69. The molecule has 3 rings (SSSR count). The van der Waals surface area contributed by atoms with Crippen molar-refractivity contribution < 1.29 is 0 Å². The highest BCUT2D eigenvalue weighted by Gasteiger charge is 2.21. The first kappa shape index (κ1) is 15.8. The van der Waals surface area contributed by atoms with Crippen LogP contribution in [0.2, 0.25) is 0 Å². The highest BCUT2D eigenvalue weighted by molar-refractivity contribution is 6.34. The molecule has 2 radical (unpaired) electrons. The van der Waals surface area contributed by atoms with Crippen LogP contribution in [0, 0.1) is 20.8 Å². The first-order valence-electron chi connectivity index (χ1n) is 7.91. The maximum atomic E-state index is 6.35. The van der Waals surface area contributed by atoms with Gasteiger partial charge in [0.1, 0.15) is 7.85 Å². The van der Waals surface area contributed by atoms with Crippen LogP contribution in [0.4, 0.5) is 0 Å². The van der Waals surface area contributed by atoms with Gasteiger partial charge in [0.15, 0.2) is 0 Å². The Balaban J connectivity index is 2.30. The maximum Gasteiger partial charge on any atom is 0.139 e. The van der Waals surface area contributed by atoms with Crippen molar-refractivity contribution >= 4 is 24.5 Å². The molecule has 0 saturated carbocycles. The second kappa shape index (κ2) is 5.22. The van der Waals surface area contributed by atoms with Gasteiger partial charge in [0, 0.05) is 28.7 Å². The number of aromatic nitrogens is 3. The molecular weight excluding hydrogens is 281 g/mol. The molecule has 0 aliphatic carbocycles. The molecule has 0 aliphatic rings. The zero-order valence-corrected chi connectivity index (χ0v) is 14.7. The topological polar surface area (TPSA) is 30.7 Å². The van der Waals surface area contributed by atoms with Crippen LogP contribution in [0.3, 0.4) is 0 Å². The van der Waals surface area contributed by atoms with Crippen molar-refractivity contribution in [3.8, 4) is 11.1 Å². The monoisotopic (exact) mass is 303 g/mol. The van der Waals surface area contributed by atoms with Gasteiger partial charge in [0.2, 0.25) is 0 Å². The third kappa shape index (κ3) is 2.67. The van der Waals surface area contributed by atoms with E-state index in [0.717, 1.165) is 44.7 Å². The van der Waals surface area contributed by atoms with Crippen LogP contribution in [-0.4, -0.2) is 22.4 Å². The molecule has 0 bridgehead atoms. The minimum absolute atomic E-state index is 0.0963. The number of aryl methyl sites for hydroxylation is 3. The minimum atomic E-state index is -0.0963. The van der Waals surface area contributed by atoms with E-state index < -0.39 is 0 Å². The summed E-state index contributed by atoms with van der Waals surface area (Å²) >= 11 is 0. The quantitative estimate of drug-likeness (QED) is 0.643. The summed E-state index contributed by atoms with van der Waals surface area (Å²) in [6, 6.07) is 6.37. The van der Waals surface area contributed by atoms with Gasteiger partial charge in [0.25, 0.3) is 0 Å². The molecule has 116 valence electrons. The lowest BCUT2D eigenvalue weighted by atomic mass is 9.97. The maximum absolute atomic E-state index is 6.35. The van der Waals surface area contributed by atoms with Crippen molar-refractivity contribution in [2.45, 2.75) is 47.1 Å². The summed E-state index contributed by atoms with van der Waals surface area (Å²) in [5.74, 6) is 0. The third-order valence-electron chi connectivity index (χ3n) is 4.17.